The number of hydrogen-bond acceptors (Lipinski definition) is 5. The van der Waals surface area contributed by atoms with E-state index in [0.717, 1.165) is 53.6 Å². The fourth-order valence-corrected chi connectivity index (χ4v) is 5.63. The van der Waals surface area contributed by atoms with E-state index in [1.54, 1.807) is 6.20 Å². The minimum Gasteiger partial charge on any atom is -0.488 e. The topological polar surface area (TPSA) is 91.3 Å². The van der Waals surface area contributed by atoms with Crippen LogP contribution < -0.4 is 4.74 Å². The van der Waals surface area contributed by atoms with Crippen LogP contribution in [0.5, 0.6) is 5.75 Å². The average molecular weight is 418 g/mol. The van der Waals surface area contributed by atoms with Crippen molar-refractivity contribution in [1.82, 2.24) is 20.1 Å². The summed E-state index contributed by atoms with van der Waals surface area (Å²) in [4.78, 5) is 19.4. The Kier molecular flexibility index (Phi) is 4.45. The highest BCUT2D eigenvalue weighted by atomic mass is 16.5. The molecule has 0 bridgehead atoms. The number of pyridine rings is 1. The summed E-state index contributed by atoms with van der Waals surface area (Å²) >= 11 is 0. The zero-order valence-corrected chi connectivity index (χ0v) is 17.3. The van der Waals surface area contributed by atoms with E-state index in [2.05, 4.69) is 15.2 Å². The lowest BCUT2D eigenvalue weighted by atomic mass is 9.78. The monoisotopic (exact) mass is 418 g/mol. The predicted octanol–water partition coefficient (Wildman–Crippen LogP) is 2.74. The molecule has 6 rings (SSSR count). The minimum atomic E-state index is -0.532. The van der Waals surface area contributed by atoms with Crippen LogP contribution in [-0.4, -0.2) is 56.4 Å². The van der Waals surface area contributed by atoms with E-state index in [1.807, 2.05) is 35.2 Å². The fraction of sp³-hybridized carbons (Fsp3) is 0.458. The van der Waals surface area contributed by atoms with E-state index >= 15 is 0 Å². The van der Waals surface area contributed by atoms with Crippen LogP contribution in [-0.2, 0) is 12.8 Å². The zero-order chi connectivity index (χ0) is 20.9. The first-order chi connectivity index (χ1) is 15.2. The summed E-state index contributed by atoms with van der Waals surface area (Å²) in [6.07, 6.45) is 5.39. The van der Waals surface area contributed by atoms with E-state index in [-0.39, 0.29) is 12.0 Å². The molecule has 2 aromatic heterocycles. The van der Waals surface area contributed by atoms with Crippen molar-refractivity contribution in [3.05, 3.63) is 53.5 Å². The number of nitrogens with zero attached hydrogens (tertiary/aromatic N) is 3. The van der Waals surface area contributed by atoms with Crippen molar-refractivity contribution in [3.8, 4) is 5.75 Å². The highest BCUT2D eigenvalue weighted by molar-refractivity contribution is 5.94. The molecule has 1 saturated carbocycles. The molecule has 31 heavy (non-hydrogen) atoms. The van der Waals surface area contributed by atoms with Crippen molar-refractivity contribution < 1.29 is 14.6 Å². The molecule has 0 radical (unpaired) electrons. The first-order valence-corrected chi connectivity index (χ1v) is 11.2. The van der Waals surface area contributed by atoms with E-state index in [4.69, 9.17) is 4.74 Å². The first-order valence-electron chi connectivity index (χ1n) is 11.2. The molecule has 1 aromatic carbocycles. The summed E-state index contributed by atoms with van der Waals surface area (Å²) in [7, 11) is 0. The van der Waals surface area contributed by atoms with Crippen LogP contribution in [0.15, 0.2) is 36.5 Å². The van der Waals surface area contributed by atoms with Gasteiger partial charge in [0.15, 0.2) is 5.69 Å². The maximum absolute atomic E-state index is 13.1. The molecule has 2 fully saturated rings. The number of H-pyrrole nitrogens is 1. The van der Waals surface area contributed by atoms with Crippen LogP contribution >= 0.6 is 0 Å². The Morgan fingerprint density at radius 3 is 2.94 bits per heavy atom. The van der Waals surface area contributed by atoms with Crippen molar-refractivity contribution in [2.24, 2.45) is 11.8 Å². The second-order valence-corrected chi connectivity index (χ2v) is 9.17. The first kappa shape index (κ1) is 18.8. The Labute approximate surface area is 180 Å². The molecule has 1 saturated heterocycles. The van der Waals surface area contributed by atoms with E-state index < -0.39 is 6.10 Å². The smallest absolute Gasteiger partial charge is 0.274 e. The summed E-state index contributed by atoms with van der Waals surface area (Å²) in [5.41, 5.74) is 3.75. The lowest BCUT2D eigenvalue weighted by Gasteiger charge is -2.35. The van der Waals surface area contributed by atoms with Crippen LogP contribution in [0.1, 0.15) is 41.0 Å². The van der Waals surface area contributed by atoms with Crippen LogP contribution in [0.4, 0.5) is 0 Å². The number of aryl methyl sites for hydroxylation is 1. The second-order valence-electron chi connectivity index (χ2n) is 9.17. The molecule has 3 heterocycles. The van der Waals surface area contributed by atoms with Gasteiger partial charge in [-0.1, -0.05) is 6.07 Å². The summed E-state index contributed by atoms with van der Waals surface area (Å²) < 4.78 is 6.21. The quantitative estimate of drug-likeness (QED) is 0.683. The molecule has 3 aliphatic rings. The van der Waals surface area contributed by atoms with Crippen molar-refractivity contribution >= 4 is 16.8 Å². The normalized spacial score (nSPS) is 27.3. The molecule has 2 N–H and O–H groups in total. The van der Waals surface area contributed by atoms with E-state index in [9.17, 15) is 9.90 Å². The highest BCUT2D eigenvalue weighted by Gasteiger charge is 2.44. The molecule has 3 aromatic rings. The number of nitrogens with one attached hydrogen (secondary N) is 1. The third kappa shape index (κ3) is 3.28. The number of hydrogen-bond donors (Lipinski definition) is 2. The van der Waals surface area contributed by atoms with Crippen molar-refractivity contribution in [3.63, 3.8) is 0 Å². The minimum absolute atomic E-state index is 0.0304. The fourth-order valence-electron chi connectivity index (χ4n) is 5.63. The summed E-state index contributed by atoms with van der Waals surface area (Å²) in [5.74, 6) is 1.43. The number of fused-ring (bicyclic) bond motifs is 3. The Morgan fingerprint density at radius 1 is 1.16 bits per heavy atom. The molecule has 1 aliphatic heterocycles. The molecular weight excluding hydrogens is 392 g/mol. The van der Waals surface area contributed by atoms with Gasteiger partial charge in [-0.05, 0) is 68.2 Å². The van der Waals surface area contributed by atoms with E-state index in [1.165, 1.54) is 0 Å². The van der Waals surface area contributed by atoms with Crippen LogP contribution in [0.2, 0.25) is 0 Å². The number of ether oxygens (including phenoxy) is 1. The number of aromatic amines is 1. The van der Waals surface area contributed by atoms with Gasteiger partial charge in [0.1, 0.15) is 11.9 Å². The number of amides is 1. The largest absolute Gasteiger partial charge is 0.488 e. The molecule has 7 nitrogen and oxygen atoms in total. The number of benzene rings is 1. The van der Waals surface area contributed by atoms with E-state index in [0.29, 0.717) is 37.0 Å². The Bertz CT molecular complexity index is 1140. The maximum atomic E-state index is 13.1. The maximum Gasteiger partial charge on any atom is 0.274 e. The Balaban J connectivity index is 1.15. The Hall–Kier alpha value is -2.93. The van der Waals surface area contributed by atoms with Crippen molar-refractivity contribution in [1.29, 1.82) is 0 Å². The number of aliphatic hydroxyl groups is 1. The van der Waals surface area contributed by atoms with Crippen LogP contribution in [0.3, 0.4) is 0 Å². The number of carbonyl (C=O) groups excluding carboxylic acids is 1. The molecule has 0 spiro atoms. The van der Waals surface area contributed by atoms with Gasteiger partial charge in [0.2, 0.25) is 0 Å². The summed E-state index contributed by atoms with van der Waals surface area (Å²) in [6, 6.07) is 9.75. The van der Waals surface area contributed by atoms with Gasteiger partial charge >= 0.3 is 0 Å². The van der Waals surface area contributed by atoms with Gasteiger partial charge < -0.3 is 14.7 Å². The lowest BCUT2D eigenvalue weighted by molar-refractivity contribution is -0.0230. The van der Waals surface area contributed by atoms with Crippen LogP contribution in [0, 0.1) is 11.8 Å². The summed E-state index contributed by atoms with van der Waals surface area (Å²) in [5, 5.41) is 19.1. The van der Waals surface area contributed by atoms with Crippen molar-refractivity contribution in [2.45, 2.75) is 44.3 Å². The number of likely N-dealkylation sites (tertiary alicyclic amines) is 1. The molecule has 2 aliphatic carbocycles. The molecule has 1 amide bonds. The lowest BCUT2D eigenvalue weighted by Crippen LogP contribution is -2.42. The van der Waals surface area contributed by atoms with Gasteiger partial charge in [-0.2, -0.15) is 5.10 Å². The van der Waals surface area contributed by atoms with Gasteiger partial charge in [0.05, 0.1) is 11.6 Å². The highest BCUT2D eigenvalue weighted by Crippen LogP contribution is 2.39. The SMILES string of the molecule is O=C(c1n[nH]c2c1CCC2)N1C[C@H]2C[C@@H](Oc3ccc4ncccc4c3)[C@H](O)C[C@H]2C1. The van der Waals surface area contributed by atoms with Gasteiger partial charge in [-0.3, -0.25) is 14.9 Å². The Morgan fingerprint density at radius 2 is 2.03 bits per heavy atom. The van der Waals surface area contributed by atoms with Gasteiger partial charge in [-0.15, -0.1) is 0 Å². The van der Waals surface area contributed by atoms with Gasteiger partial charge in [-0.25, -0.2) is 0 Å². The molecular formula is C24H26N4O3. The third-order valence-electron chi connectivity index (χ3n) is 7.24. The molecule has 4 atom stereocenters. The zero-order valence-electron chi connectivity index (χ0n) is 17.3. The number of aromatic nitrogens is 3. The number of rotatable bonds is 3. The second kappa shape index (κ2) is 7.34. The van der Waals surface area contributed by atoms with Crippen molar-refractivity contribution in [2.75, 3.05) is 13.1 Å². The molecule has 7 heteroatoms. The molecule has 0 unspecified atom stereocenters. The standard InChI is InChI=1S/C24H26N4O3/c29-21-10-15-12-28(24(30)23-18-4-1-5-20(18)26-27-23)13-16(15)11-22(21)31-17-6-7-19-14(9-17)3-2-8-25-19/h2-3,6-9,15-16,21-22,29H,1,4-5,10-13H2,(H,26,27)/t15-,16+,21+,22+/m0/s1. The summed E-state index contributed by atoms with van der Waals surface area (Å²) in [6.45, 7) is 1.40. The predicted molar refractivity (Wildman–Crippen MR) is 115 cm³/mol. The van der Waals surface area contributed by atoms with Crippen LogP contribution in [0.25, 0.3) is 10.9 Å². The third-order valence-corrected chi connectivity index (χ3v) is 7.24. The van der Waals surface area contributed by atoms with Gasteiger partial charge in [0.25, 0.3) is 5.91 Å². The average Bonchev–Trinajstić information content (AvgIpc) is 3.49. The molecule has 160 valence electrons. The number of aliphatic hydroxyl groups excluding tert-OH is 1. The number of carbonyl (C=O) groups is 1. The van der Waals surface area contributed by atoms with Gasteiger partial charge in [0, 0.05) is 35.9 Å².